The van der Waals surface area contributed by atoms with Crippen LogP contribution in [-0.2, 0) is 13.5 Å². The Morgan fingerprint density at radius 1 is 1.30 bits per heavy atom. The van der Waals surface area contributed by atoms with Gasteiger partial charge in [-0.15, -0.1) is 0 Å². The zero-order chi connectivity index (χ0) is 14.1. The minimum atomic E-state index is -0.113. The summed E-state index contributed by atoms with van der Waals surface area (Å²) in [7, 11) is 1.96. The number of halogens is 1. The van der Waals surface area contributed by atoms with E-state index in [0.29, 0.717) is 6.42 Å². The minimum Gasteiger partial charge on any atom is -0.324 e. The molecule has 0 spiro atoms. The smallest absolute Gasteiger partial charge is 0.0722 e. The molecule has 3 aromatic rings. The summed E-state index contributed by atoms with van der Waals surface area (Å²) in [6, 6.07) is 10.1. The van der Waals surface area contributed by atoms with Crippen LogP contribution in [-0.4, -0.2) is 14.8 Å². The molecule has 1 unspecified atom stereocenters. The van der Waals surface area contributed by atoms with Gasteiger partial charge < -0.3 is 5.73 Å². The van der Waals surface area contributed by atoms with Gasteiger partial charge in [-0.3, -0.25) is 9.67 Å². The van der Waals surface area contributed by atoms with Crippen molar-refractivity contribution in [1.29, 1.82) is 0 Å². The van der Waals surface area contributed by atoms with Gasteiger partial charge >= 0.3 is 0 Å². The van der Waals surface area contributed by atoms with E-state index >= 15 is 0 Å². The van der Waals surface area contributed by atoms with E-state index in [9.17, 15) is 0 Å². The van der Waals surface area contributed by atoms with Gasteiger partial charge in [0.2, 0.25) is 0 Å². The Balaban J connectivity index is 1.93. The molecule has 0 aliphatic carbocycles. The second kappa shape index (κ2) is 5.34. The number of nitrogens with two attached hydrogens (primary N) is 1. The molecule has 0 saturated carbocycles. The molecule has 1 atom stereocenters. The van der Waals surface area contributed by atoms with Crippen LogP contribution in [0.15, 0.2) is 47.2 Å². The lowest BCUT2D eigenvalue weighted by atomic mass is 10.0. The van der Waals surface area contributed by atoms with Crippen LogP contribution in [0.1, 0.15) is 17.3 Å². The quantitative estimate of drug-likeness (QED) is 0.803. The number of para-hydroxylation sites is 1. The number of hydrogen-bond acceptors (Lipinski definition) is 3. The second-order valence-corrected chi connectivity index (χ2v) is 5.75. The van der Waals surface area contributed by atoms with Crippen molar-refractivity contribution in [2.45, 2.75) is 12.5 Å². The van der Waals surface area contributed by atoms with E-state index < -0.39 is 0 Å². The number of benzene rings is 1. The maximum absolute atomic E-state index is 6.29. The Hall–Kier alpha value is -1.72. The van der Waals surface area contributed by atoms with Crippen molar-refractivity contribution in [1.82, 2.24) is 14.8 Å². The molecule has 0 fully saturated rings. The van der Waals surface area contributed by atoms with Gasteiger partial charge in [-0.1, -0.05) is 18.2 Å². The third kappa shape index (κ3) is 2.46. The molecule has 5 heteroatoms. The molecular formula is C15H15BrN4. The molecule has 0 aliphatic heterocycles. The Morgan fingerprint density at radius 3 is 2.90 bits per heavy atom. The number of aryl methyl sites for hydroxylation is 1. The number of nitrogens with zero attached hydrogens (tertiary/aromatic N) is 3. The number of aromatic nitrogens is 3. The van der Waals surface area contributed by atoms with Crippen molar-refractivity contribution in [3.63, 3.8) is 0 Å². The van der Waals surface area contributed by atoms with Crippen molar-refractivity contribution < 1.29 is 0 Å². The third-order valence-electron chi connectivity index (χ3n) is 3.40. The van der Waals surface area contributed by atoms with Crippen LogP contribution < -0.4 is 5.73 Å². The summed E-state index contributed by atoms with van der Waals surface area (Å²) in [5, 5.41) is 5.74. The molecule has 0 saturated heterocycles. The standard InChI is InChI=1S/C15H15BrN4/c1-20-15-5-3-2-4-12(15)14(19-20)7-13(17)10-6-11(16)9-18-8-10/h2-6,8-9,13H,7,17H2,1H3. The first-order chi connectivity index (χ1) is 9.65. The van der Waals surface area contributed by atoms with Crippen molar-refractivity contribution in [2.24, 2.45) is 12.8 Å². The molecule has 20 heavy (non-hydrogen) atoms. The molecule has 2 aromatic heterocycles. The second-order valence-electron chi connectivity index (χ2n) is 4.83. The number of fused-ring (bicyclic) bond motifs is 1. The summed E-state index contributed by atoms with van der Waals surface area (Å²) >= 11 is 3.42. The summed E-state index contributed by atoms with van der Waals surface area (Å²) in [5.74, 6) is 0. The van der Waals surface area contributed by atoms with Crippen LogP contribution in [0.4, 0.5) is 0 Å². The normalized spacial score (nSPS) is 12.8. The van der Waals surface area contributed by atoms with Gasteiger partial charge in [0.05, 0.1) is 11.2 Å². The first-order valence-electron chi connectivity index (χ1n) is 6.42. The van der Waals surface area contributed by atoms with Crippen molar-refractivity contribution in [3.8, 4) is 0 Å². The van der Waals surface area contributed by atoms with Crippen LogP contribution in [0.2, 0.25) is 0 Å². The Kier molecular flexibility index (Phi) is 3.54. The first kappa shape index (κ1) is 13.3. The lowest BCUT2D eigenvalue weighted by Crippen LogP contribution is -2.14. The Labute approximate surface area is 125 Å². The minimum absolute atomic E-state index is 0.113. The summed E-state index contributed by atoms with van der Waals surface area (Å²) in [4.78, 5) is 4.16. The van der Waals surface area contributed by atoms with E-state index in [-0.39, 0.29) is 6.04 Å². The summed E-state index contributed by atoms with van der Waals surface area (Å²) < 4.78 is 2.84. The monoisotopic (exact) mass is 330 g/mol. The summed E-state index contributed by atoms with van der Waals surface area (Å²) in [5.41, 5.74) is 9.45. The molecule has 102 valence electrons. The van der Waals surface area contributed by atoms with Crippen LogP contribution in [0.25, 0.3) is 10.9 Å². The maximum atomic E-state index is 6.29. The molecule has 2 heterocycles. The van der Waals surface area contributed by atoms with Gasteiger partial charge in [0.25, 0.3) is 0 Å². The van der Waals surface area contributed by atoms with Gasteiger partial charge in [0.1, 0.15) is 0 Å². The van der Waals surface area contributed by atoms with Gasteiger partial charge in [-0.25, -0.2) is 0 Å². The van der Waals surface area contributed by atoms with Gasteiger partial charge in [-0.2, -0.15) is 5.10 Å². The molecule has 1 aromatic carbocycles. The highest BCUT2D eigenvalue weighted by Gasteiger charge is 2.14. The molecule has 4 nitrogen and oxygen atoms in total. The number of rotatable bonds is 3. The summed E-state index contributed by atoms with van der Waals surface area (Å²) in [6.45, 7) is 0. The third-order valence-corrected chi connectivity index (χ3v) is 3.84. The highest BCUT2D eigenvalue weighted by atomic mass is 79.9. The Bertz CT molecular complexity index is 750. The molecular weight excluding hydrogens is 316 g/mol. The molecule has 2 N–H and O–H groups in total. The fraction of sp³-hybridized carbons (Fsp3) is 0.200. The van der Waals surface area contributed by atoms with Gasteiger partial charge in [-0.05, 0) is 33.6 Å². The lowest BCUT2D eigenvalue weighted by molar-refractivity contribution is 0.679. The Morgan fingerprint density at radius 2 is 2.10 bits per heavy atom. The molecule has 3 rings (SSSR count). The van der Waals surface area contributed by atoms with Crippen LogP contribution in [0.5, 0.6) is 0 Å². The molecule has 0 amide bonds. The van der Waals surface area contributed by atoms with E-state index in [0.717, 1.165) is 26.6 Å². The largest absolute Gasteiger partial charge is 0.324 e. The van der Waals surface area contributed by atoms with Crippen molar-refractivity contribution in [3.05, 3.63) is 58.5 Å². The van der Waals surface area contributed by atoms with Crippen LogP contribution in [0, 0.1) is 0 Å². The van der Waals surface area contributed by atoms with E-state index in [1.807, 2.05) is 29.9 Å². The molecule has 0 radical (unpaired) electrons. The van der Waals surface area contributed by atoms with E-state index in [2.05, 4.69) is 38.1 Å². The van der Waals surface area contributed by atoms with Crippen LogP contribution in [0.3, 0.4) is 0 Å². The zero-order valence-corrected chi connectivity index (χ0v) is 12.7. The average Bonchev–Trinajstić information content (AvgIpc) is 2.76. The maximum Gasteiger partial charge on any atom is 0.0722 e. The predicted molar refractivity (Wildman–Crippen MR) is 83.3 cm³/mol. The fourth-order valence-corrected chi connectivity index (χ4v) is 2.78. The molecule has 0 bridgehead atoms. The van der Waals surface area contributed by atoms with Crippen molar-refractivity contribution in [2.75, 3.05) is 0 Å². The average molecular weight is 331 g/mol. The van der Waals surface area contributed by atoms with E-state index in [1.165, 1.54) is 0 Å². The highest BCUT2D eigenvalue weighted by molar-refractivity contribution is 9.10. The topological polar surface area (TPSA) is 56.7 Å². The molecule has 0 aliphatic rings. The van der Waals surface area contributed by atoms with Crippen molar-refractivity contribution >= 4 is 26.8 Å². The highest BCUT2D eigenvalue weighted by Crippen LogP contribution is 2.23. The van der Waals surface area contributed by atoms with Gasteiger partial charge in [0.15, 0.2) is 0 Å². The zero-order valence-electron chi connectivity index (χ0n) is 11.1. The van der Waals surface area contributed by atoms with E-state index in [4.69, 9.17) is 5.73 Å². The lowest BCUT2D eigenvalue weighted by Gasteiger charge is -2.10. The number of pyridine rings is 1. The van der Waals surface area contributed by atoms with Gasteiger partial charge in [0, 0.05) is 41.8 Å². The van der Waals surface area contributed by atoms with E-state index in [1.54, 1.807) is 12.4 Å². The first-order valence-corrected chi connectivity index (χ1v) is 7.21. The predicted octanol–water partition coefficient (Wildman–Crippen LogP) is 2.97. The fourth-order valence-electron chi connectivity index (χ4n) is 2.40. The SMILES string of the molecule is Cn1nc(CC(N)c2cncc(Br)c2)c2ccccc21. The van der Waals surface area contributed by atoms with Crippen LogP contribution >= 0.6 is 15.9 Å². The summed E-state index contributed by atoms with van der Waals surface area (Å²) in [6.07, 6.45) is 4.26. The number of hydrogen-bond donors (Lipinski definition) is 1.